The zero-order chi connectivity index (χ0) is 25.0. The second kappa shape index (κ2) is 14.4. The summed E-state index contributed by atoms with van der Waals surface area (Å²) >= 11 is 0. The zero-order valence-electron chi connectivity index (χ0n) is 21.4. The van der Waals surface area contributed by atoms with E-state index in [1.807, 2.05) is 12.3 Å². The number of hydrogen-bond acceptors (Lipinski definition) is 4. The molecule has 0 aromatic heterocycles. The van der Waals surface area contributed by atoms with Crippen LogP contribution >= 0.6 is 0 Å². The molecule has 4 unspecified atom stereocenters. The maximum atomic E-state index is 6.49. The average molecular weight is 500 g/mol. The van der Waals surface area contributed by atoms with Gasteiger partial charge in [-0.25, -0.2) is 0 Å². The first-order valence-corrected chi connectivity index (χ1v) is 14.1. The number of aliphatic imine (C=N–C) groups is 1. The maximum Gasteiger partial charge on any atom is 0.131 e. The minimum atomic E-state index is -0.0318. The highest BCUT2D eigenvalue weighted by molar-refractivity contribution is 6.08. The summed E-state index contributed by atoms with van der Waals surface area (Å²) in [6.45, 7) is 4.66. The van der Waals surface area contributed by atoms with Gasteiger partial charge in [0.2, 0.25) is 0 Å². The van der Waals surface area contributed by atoms with Gasteiger partial charge in [-0.3, -0.25) is 9.89 Å². The normalized spacial score (nSPS) is 27.6. The molecule has 5 heteroatoms. The molecule has 1 heterocycles. The Morgan fingerprint density at radius 2 is 1.75 bits per heavy atom. The van der Waals surface area contributed by atoms with Crippen LogP contribution in [-0.2, 0) is 9.47 Å². The van der Waals surface area contributed by atoms with Crippen LogP contribution in [0.3, 0.4) is 0 Å². The topological polar surface area (TPSA) is 34.1 Å². The van der Waals surface area contributed by atoms with E-state index in [0.717, 1.165) is 32.0 Å². The molecule has 2 aromatic rings. The Morgan fingerprint density at radius 3 is 2.47 bits per heavy atom. The predicted octanol–water partition coefficient (Wildman–Crippen LogP) is 6.06. The van der Waals surface area contributed by atoms with Gasteiger partial charge in [0.1, 0.15) is 6.23 Å². The van der Waals surface area contributed by atoms with Gasteiger partial charge in [-0.15, -0.1) is 0 Å². The third-order valence-corrected chi connectivity index (χ3v) is 7.50. The molecule has 2 fully saturated rings. The van der Waals surface area contributed by atoms with Crippen molar-refractivity contribution in [3.8, 4) is 0 Å². The summed E-state index contributed by atoms with van der Waals surface area (Å²) in [5, 5.41) is 0. The van der Waals surface area contributed by atoms with Crippen LogP contribution in [0.25, 0.3) is 12.2 Å². The van der Waals surface area contributed by atoms with Crippen molar-refractivity contribution in [3.05, 3.63) is 83.9 Å². The Kier molecular flexibility index (Phi) is 10.7. The van der Waals surface area contributed by atoms with Gasteiger partial charge in [0, 0.05) is 35.7 Å². The van der Waals surface area contributed by atoms with Crippen LogP contribution in [0.5, 0.6) is 0 Å². The molecule has 189 valence electrons. The summed E-state index contributed by atoms with van der Waals surface area (Å²) in [6, 6.07) is 22.6. The molecule has 4 nitrogen and oxygen atoms in total. The van der Waals surface area contributed by atoms with E-state index in [4.69, 9.17) is 14.5 Å². The lowest BCUT2D eigenvalue weighted by Crippen LogP contribution is -2.44. The second-order valence-corrected chi connectivity index (χ2v) is 10.4. The summed E-state index contributed by atoms with van der Waals surface area (Å²) < 4.78 is 12.4. The highest BCUT2D eigenvalue weighted by Gasteiger charge is 2.39. The van der Waals surface area contributed by atoms with Crippen LogP contribution < -0.4 is 0 Å². The third-order valence-electron chi connectivity index (χ3n) is 7.14. The molecule has 1 saturated heterocycles. The van der Waals surface area contributed by atoms with Crippen LogP contribution in [0, 0.1) is 5.92 Å². The van der Waals surface area contributed by atoms with Gasteiger partial charge in [-0.2, -0.15) is 0 Å². The van der Waals surface area contributed by atoms with Crippen LogP contribution in [0.15, 0.2) is 77.8 Å². The molecule has 5 atom stereocenters. The Bertz CT molecular complexity index is 979. The Labute approximate surface area is 220 Å². The van der Waals surface area contributed by atoms with Crippen LogP contribution in [0.4, 0.5) is 0 Å². The molecule has 0 N–H and O–H groups in total. The summed E-state index contributed by atoms with van der Waals surface area (Å²) in [7, 11) is 3.52. The first kappa shape index (κ1) is 26.7. The molecule has 2 aliphatic rings. The highest BCUT2D eigenvalue weighted by Crippen LogP contribution is 2.34. The maximum absolute atomic E-state index is 6.49. The Morgan fingerprint density at radius 1 is 1.03 bits per heavy atom. The van der Waals surface area contributed by atoms with Gasteiger partial charge in [0.05, 0.1) is 18.8 Å². The van der Waals surface area contributed by atoms with Crippen molar-refractivity contribution >= 4 is 28.6 Å². The summed E-state index contributed by atoms with van der Waals surface area (Å²) in [4.78, 5) is 7.53. The molecule has 36 heavy (non-hydrogen) atoms. The molecule has 0 spiro atoms. The smallest absolute Gasteiger partial charge is 0.131 e. The van der Waals surface area contributed by atoms with E-state index in [0.29, 0.717) is 24.6 Å². The fraction of sp³-hybridized carbons (Fsp3) is 0.452. The van der Waals surface area contributed by atoms with Crippen molar-refractivity contribution in [2.75, 3.05) is 19.8 Å². The lowest BCUT2D eigenvalue weighted by atomic mass is 9.82. The van der Waals surface area contributed by atoms with Crippen molar-refractivity contribution < 1.29 is 9.47 Å². The number of allylic oxidation sites excluding steroid dienone is 1. The van der Waals surface area contributed by atoms with E-state index < -0.39 is 0 Å². The summed E-state index contributed by atoms with van der Waals surface area (Å²) in [5.74, 6) is 0.590. The number of hydrogen-bond donors (Lipinski definition) is 0. The molecule has 1 saturated carbocycles. The monoisotopic (exact) mass is 499 g/mol. The highest BCUT2D eigenvalue weighted by atomic mass is 28.1. The number of nitrogens with zero attached hydrogens (tertiary/aromatic N) is 2. The first-order valence-electron chi connectivity index (χ1n) is 13.3. The van der Waals surface area contributed by atoms with E-state index in [9.17, 15) is 0 Å². The molecule has 1 aliphatic heterocycles. The molecule has 0 bridgehead atoms. The van der Waals surface area contributed by atoms with Gasteiger partial charge in [0.25, 0.3) is 0 Å². The van der Waals surface area contributed by atoms with E-state index in [-0.39, 0.29) is 12.3 Å². The van der Waals surface area contributed by atoms with E-state index in [1.54, 1.807) is 0 Å². The zero-order valence-corrected chi connectivity index (χ0v) is 22.4. The van der Waals surface area contributed by atoms with Crippen molar-refractivity contribution in [1.82, 2.24) is 4.90 Å². The van der Waals surface area contributed by atoms with Gasteiger partial charge < -0.3 is 9.47 Å². The van der Waals surface area contributed by atoms with Crippen molar-refractivity contribution in [1.29, 1.82) is 0 Å². The SMILES string of the molecule is C[C@@H]1CCC(N2CC(COCCC[Si])OC2/C=C/c2ccccc2)CC1N=C/C=C/c1ccccc1. The van der Waals surface area contributed by atoms with Crippen molar-refractivity contribution in [2.24, 2.45) is 10.9 Å². The number of benzene rings is 2. The molecule has 1 aliphatic carbocycles. The fourth-order valence-corrected chi connectivity index (χ4v) is 5.22. The van der Waals surface area contributed by atoms with Gasteiger partial charge in [-0.05, 0) is 54.9 Å². The van der Waals surface area contributed by atoms with Gasteiger partial charge in [0.15, 0.2) is 0 Å². The minimum absolute atomic E-state index is 0.0318. The molecular formula is C31H39N2O2Si. The van der Waals surface area contributed by atoms with E-state index >= 15 is 0 Å². The molecule has 0 amide bonds. The second-order valence-electron chi connectivity index (χ2n) is 9.87. The van der Waals surface area contributed by atoms with Crippen LogP contribution in [0.2, 0.25) is 6.04 Å². The Balaban J connectivity index is 1.40. The van der Waals surface area contributed by atoms with Crippen LogP contribution in [0.1, 0.15) is 43.7 Å². The summed E-state index contributed by atoms with van der Waals surface area (Å²) in [6.07, 6.45) is 15.1. The summed E-state index contributed by atoms with van der Waals surface area (Å²) in [5.41, 5.74) is 2.40. The van der Waals surface area contributed by atoms with Gasteiger partial charge in [-0.1, -0.05) is 85.8 Å². The molecule has 2 aromatic carbocycles. The molecular weight excluding hydrogens is 460 g/mol. The molecule has 4 rings (SSSR count). The van der Waals surface area contributed by atoms with Gasteiger partial charge >= 0.3 is 0 Å². The fourth-order valence-electron chi connectivity index (χ4n) is 5.07. The standard InChI is InChI=1S/C31H39N2O2Si/c1-25-15-17-28(22-30(25)32-19-8-14-26-10-4-2-5-11-26)33-23-29(24-34-20-9-21-36)35-31(33)18-16-27-12-6-3-7-13-27/h2-8,10-14,16,18-19,25,28-31H,9,15,17,20-24H2,1H3/b14-8+,18-16+,32-19?/t25-,28?,29?,30?,31?/m1/s1. The molecule has 3 radical (unpaired) electrons. The predicted molar refractivity (Wildman–Crippen MR) is 151 cm³/mol. The number of ether oxygens (including phenoxy) is 2. The Hall–Kier alpha value is -2.31. The lowest BCUT2D eigenvalue weighted by Gasteiger charge is -2.38. The van der Waals surface area contributed by atoms with Crippen LogP contribution in [-0.4, -0.2) is 65.5 Å². The quantitative estimate of drug-likeness (QED) is 0.214. The third kappa shape index (κ3) is 8.10. The first-order chi connectivity index (χ1) is 17.7. The largest absolute Gasteiger partial charge is 0.379 e. The lowest BCUT2D eigenvalue weighted by molar-refractivity contribution is -0.0210. The number of rotatable bonds is 11. The van der Waals surface area contributed by atoms with Crippen molar-refractivity contribution in [2.45, 2.75) is 63.1 Å². The van der Waals surface area contributed by atoms with E-state index in [1.165, 1.54) is 24.0 Å². The average Bonchev–Trinajstić information content (AvgIpc) is 3.33. The van der Waals surface area contributed by atoms with Crippen molar-refractivity contribution in [3.63, 3.8) is 0 Å². The van der Waals surface area contributed by atoms with E-state index in [2.05, 4.69) is 101 Å². The minimum Gasteiger partial charge on any atom is -0.379 e.